The standard InChI is InChI=1S/C21H27FN4O3/c1-13(2)28-19-6-14(4-5-18(19)22)9-26(10-17-15-7-23-8-16(15)17)21(27)29-20-11-25(3)12-24-20/h4-6,11-13,15-17,23H,7-10H2,1-3H3. The molecule has 0 bridgehead atoms. The minimum atomic E-state index is -0.447. The second-order valence-electron chi connectivity index (χ2n) is 8.21. The first-order chi connectivity index (χ1) is 13.9. The summed E-state index contributed by atoms with van der Waals surface area (Å²) in [5.41, 5.74) is 0.795. The van der Waals surface area contributed by atoms with Crippen LogP contribution < -0.4 is 14.8 Å². The van der Waals surface area contributed by atoms with Crippen molar-refractivity contribution in [2.75, 3.05) is 19.6 Å². The first-order valence-electron chi connectivity index (χ1n) is 10.0. The summed E-state index contributed by atoms with van der Waals surface area (Å²) in [5, 5.41) is 3.37. The molecule has 2 fully saturated rings. The molecule has 2 heterocycles. The number of halogens is 1. The molecule has 1 saturated heterocycles. The molecule has 1 N–H and O–H groups in total. The number of hydrogen-bond donors (Lipinski definition) is 1. The third-order valence-corrected chi connectivity index (χ3v) is 5.56. The Kier molecular flexibility index (Phi) is 5.45. The summed E-state index contributed by atoms with van der Waals surface area (Å²) < 4.78 is 26.8. The van der Waals surface area contributed by atoms with Gasteiger partial charge in [0.25, 0.3) is 0 Å². The fraction of sp³-hybridized carbons (Fsp3) is 0.524. The zero-order valence-corrected chi connectivity index (χ0v) is 17.0. The second kappa shape index (κ2) is 8.02. The summed E-state index contributed by atoms with van der Waals surface area (Å²) in [7, 11) is 1.81. The van der Waals surface area contributed by atoms with Crippen molar-refractivity contribution >= 4 is 6.09 Å². The maximum Gasteiger partial charge on any atom is 0.416 e. The molecule has 4 rings (SSSR count). The monoisotopic (exact) mass is 402 g/mol. The molecule has 2 unspecified atom stereocenters. The molecule has 0 spiro atoms. The molecule has 1 aliphatic heterocycles. The number of benzene rings is 1. The normalized spacial score (nSPS) is 22.4. The summed E-state index contributed by atoms with van der Waals surface area (Å²) in [4.78, 5) is 18.6. The van der Waals surface area contributed by atoms with Gasteiger partial charge in [-0.1, -0.05) is 6.07 Å². The number of aromatic nitrogens is 2. The minimum Gasteiger partial charge on any atom is -0.488 e. The van der Waals surface area contributed by atoms with E-state index < -0.39 is 11.9 Å². The van der Waals surface area contributed by atoms with Crippen LogP contribution in [-0.2, 0) is 13.6 Å². The van der Waals surface area contributed by atoms with Crippen LogP contribution in [0.5, 0.6) is 11.6 Å². The first kappa shape index (κ1) is 19.7. The van der Waals surface area contributed by atoms with Gasteiger partial charge in [-0.15, -0.1) is 0 Å². The first-order valence-corrected chi connectivity index (χ1v) is 10.0. The maximum atomic E-state index is 14.0. The van der Waals surface area contributed by atoms with Crippen molar-refractivity contribution < 1.29 is 18.7 Å². The molecule has 1 aliphatic carbocycles. The number of ether oxygens (including phenoxy) is 2. The Morgan fingerprint density at radius 3 is 2.79 bits per heavy atom. The fourth-order valence-corrected chi connectivity index (χ4v) is 4.08. The number of rotatable bonds is 7. The van der Waals surface area contributed by atoms with Gasteiger partial charge >= 0.3 is 6.09 Å². The Morgan fingerprint density at radius 2 is 2.14 bits per heavy atom. The van der Waals surface area contributed by atoms with Crippen molar-refractivity contribution in [1.82, 2.24) is 19.8 Å². The van der Waals surface area contributed by atoms with E-state index in [1.807, 2.05) is 20.9 Å². The third-order valence-electron chi connectivity index (χ3n) is 5.56. The van der Waals surface area contributed by atoms with Gasteiger partial charge in [-0.2, -0.15) is 0 Å². The van der Waals surface area contributed by atoms with Gasteiger partial charge in [0.1, 0.15) is 0 Å². The van der Waals surface area contributed by atoms with E-state index in [0.717, 1.165) is 18.7 Å². The highest BCUT2D eigenvalue weighted by Crippen LogP contribution is 2.49. The highest BCUT2D eigenvalue weighted by atomic mass is 19.1. The number of piperidine rings is 1. The maximum absolute atomic E-state index is 14.0. The molecule has 0 radical (unpaired) electrons. The van der Waals surface area contributed by atoms with E-state index in [4.69, 9.17) is 9.47 Å². The predicted molar refractivity (Wildman–Crippen MR) is 105 cm³/mol. The molecular formula is C21H27FN4O3. The average molecular weight is 402 g/mol. The minimum absolute atomic E-state index is 0.136. The van der Waals surface area contributed by atoms with Crippen LogP contribution in [0.25, 0.3) is 0 Å². The van der Waals surface area contributed by atoms with Crippen molar-refractivity contribution in [2.24, 2.45) is 24.8 Å². The highest BCUT2D eigenvalue weighted by Gasteiger charge is 2.53. The second-order valence-corrected chi connectivity index (χ2v) is 8.21. The van der Waals surface area contributed by atoms with Crippen molar-refractivity contribution in [3.63, 3.8) is 0 Å². The molecular weight excluding hydrogens is 375 g/mol. The van der Waals surface area contributed by atoms with Crippen LogP contribution in [0.2, 0.25) is 0 Å². The van der Waals surface area contributed by atoms with Crippen molar-refractivity contribution in [2.45, 2.75) is 26.5 Å². The average Bonchev–Trinajstić information content (AvgIpc) is 3.01. The lowest BCUT2D eigenvalue weighted by Gasteiger charge is -2.23. The Balaban J connectivity index is 1.49. The quantitative estimate of drug-likeness (QED) is 0.771. The lowest BCUT2D eigenvalue weighted by molar-refractivity contribution is 0.143. The van der Waals surface area contributed by atoms with E-state index in [-0.39, 0.29) is 17.7 Å². The predicted octanol–water partition coefficient (Wildman–Crippen LogP) is 2.81. The summed E-state index contributed by atoms with van der Waals surface area (Å²) in [6.45, 7) is 6.64. The van der Waals surface area contributed by atoms with E-state index in [9.17, 15) is 9.18 Å². The number of hydrogen-bond acceptors (Lipinski definition) is 5. The zero-order valence-electron chi connectivity index (χ0n) is 17.0. The molecule has 1 amide bonds. The van der Waals surface area contributed by atoms with Gasteiger partial charge in [-0.05, 0) is 62.4 Å². The summed E-state index contributed by atoms with van der Waals surface area (Å²) in [5.74, 6) is 1.76. The number of imidazole rings is 1. The zero-order chi connectivity index (χ0) is 20.5. The molecule has 2 aromatic rings. The molecule has 2 atom stereocenters. The van der Waals surface area contributed by atoms with E-state index in [0.29, 0.717) is 30.8 Å². The lowest BCUT2D eigenvalue weighted by atomic mass is 10.1. The number of nitrogens with one attached hydrogen (secondary N) is 1. The topological polar surface area (TPSA) is 68.6 Å². The smallest absolute Gasteiger partial charge is 0.416 e. The van der Waals surface area contributed by atoms with E-state index in [1.54, 1.807) is 34.1 Å². The van der Waals surface area contributed by atoms with Gasteiger partial charge in [0, 0.05) is 20.1 Å². The summed E-state index contributed by atoms with van der Waals surface area (Å²) in [6, 6.07) is 4.72. The number of aryl methyl sites for hydroxylation is 1. The highest BCUT2D eigenvalue weighted by molar-refractivity contribution is 5.70. The SMILES string of the molecule is CC(C)Oc1cc(CN(CC2C3CNCC32)C(=O)Oc2cn(C)cn2)ccc1F. The van der Waals surface area contributed by atoms with Crippen LogP contribution >= 0.6 is 0 Å². The number of carbonyl (C=O) groups excluding carboxylic acids is 1. The Hall–Kier alpha value is -2.61. The largest absolute Gasteiger partial charge is 0.488 e. The molecule has 1 aromatic carbocycles. The van der Waals surface area contributed by atoms with Crippen molar-refractivity contribution in [3.8, 4) is 11.6 Å². The van der Waals surface area contributed by atoms with Gasteiger partial charge in [-0.25, -0.2) is 14.2 Å². The lowest BCUT2D eigenvalue weighted by Crippen LogP contribution is -2.36. The summed E-state index contributed by atoms with van der Waals surface area (Å²) >= 11 is 0. The van der Waals surface area contributed by atoms with Gasteiger partial charge in [-0.3, -0.25) is 0 Å². The third kappa shape index (κ3) is 4.53. The molecule has 29 heavy (non-hydrogen) atoms. The van der Waals surface area contributed by atoms with E-state index in [2.05, 4.69) is 10.3 Å². The number of amides is 1. The molecule has 7 nitrogen and oxygen atoms in total. The van der Waals surface area contributed by atoms with Gasteiger partial charge in [0.2, 0.25) is 5.88 Å². The number of carbonyl (C=O) groups is 1. The van der Waals surface area contributed by atoms with Crippen LogP contribution in [0.4, 0.5) is 9.18 Å². The van der Waals surface area contributed by atoms with Crippen LogP contribution in [0.3, 0.4) is 0 Å². The van der Waals surface area contributed by atoms with Gasteiger partial charge in [0.05, 0.1) is 18.6 Å². The number of nitrogens with zero attached hydrogens (tertiary/aromatic N) is 3. The van der Waals surface area contributed by atoms with Crippen molar-refractivity contribution in [3.05, 3.63) is 42.1 Å². The number of fused-ring (bicyclic) bond motifs is 1. The Morgan fingerprint density at radius 1 is 1.38 bits per heavy atom. The molecule has 1 aromatic heterocycles. The molecule has 8 heteroatoms. The molecule has 156 valence electrons. The Labute approximate surface area is 169 Å². The fourth-order valence-electron chi connectivity index (χ4n) is 4.08. The van der Waals surface area contributed by atoms with E-state index in [1.165, 1.54) is 6.07 Å². The van der Waals surface area contributed by atoms with E-state index >= 15 is 0 Å². The van der Waals surface area contributed by atoms with Crippen LogP contribution in [0.15, 0.2) is 30.7 Å². The van der Waals surface area contributed by atoms with Gasteiger partial charge in [0.15, 0.2) is 11.6 Å². The van der Waals surface area contributed by atoms with Crippen LogP contribution in [0, 0.1) is 23.6 Å². The van der Waals surface area contributed by atoms with Crippen LogP contribution in [-0.4, -0.2) is 46.3 Å². The summed E-state index contributed by atoms with van der Waals surface area (Å²) in [6.07, 6.45) is 2.65. The Bertz CT molecular complexity index is 875. The van der Waals surface area contributed by atoms with Gasteiger partial charge < -0.3 is 24.3 Å². The van der Waals surface area contributed by atoms with Crippen LogP contribution in [0.1, 0.15) is 19.4 Å². The van der Waals surface area contributed by atoms with Crippen molar-refractivity contribution in [1.29, 1.82) is 0 Å². The molecule has 2 aliphatic rings. The molecule has 1 saturated carbocycles.